The molecule has 1 aromatic rings. The van der Waals surface area contributed by atoms with E-state index in [1.165, 1.54) is 28.9 Å². The van der Waals surface area contributed by atoms with Gasteiger partial charge in [0.2, 0.25) is 0 Å². The number of alkyl halides is 1. The van der Waals surface area contributed by atoms with Gasteiger partial charge in [0.25, 0.3) is 0 Å². The number of ether oxygens (including phenoxy) is 1. The molecule has 0 radical (unpaired) electrons. The fraction of sp³-hybridized carbons (Fsp3) is 0.484. The summed E-state index contributed by atoms with van der Waals surface area (Å²) in [5, 5.41) is 0. The maximum absolute atomic E-state index is 5.65. The smallest absolute Gasteiger partial charge is 0.126 e. The van der Waals surface area contributed by atoms with E-state index in [1.54, 1.807) is 0 Å². The van der Waals surface area contributed by atoms with Crippen molar-refractivity contribution in [2.24, 2.45) is 0 Å². The predicted molar refractivity (Wildman–Crippen MR) is 159 cm³/mol. The van der Waals surface area contributed by atoms with Gasteiger partial charge in [0.05, 0.1) is 6.10 Å². The van der Waals surface area contributed by atoms with Crippen molar-refractivity contribution in [2.75, 3.05) is 6.38 Å². The summed E-state index contributed by atoms with van der Waals surface area (Å²) in [6, 6.07) is 8.50. The van der Waals surface area contributed by atoms with E-state index in [9.17, 15) is 0 Å². The fourth-order valence-corrected chi connectivity index (χ4v) is 3.06. The maximum Gasteiger partial charge on any atom is 0.126 e. The molecule has 0 saturated carbocycles. The molecule has 0 fully saturated rings. The molecule has 1 aromatic carbocycles. The van der Waals surface area contributed by atoms with Gasteiger partial charge >= 0.3 is 0 Å². The Bertz CT molecular complexity index is 778. The lowest BCUT2D eigenvalue weighted by Crippen LogP contribution is -2.29. The molecule has 0 aliphatic heterocycles. The van der Waals surface area contributed by atoms with Gasteiger partial charge in [0, 0.05) is 29.4 Å². The van der Waals surface area contributed by atoms with Crippen LogP contribution in [-0.2, 0) is 0 Å². The molecular weight excluding hydrogens is 438 g/mol. The summed E-state index contributed by atoms with van der Waals surface area (Å²) in [5.41, 5.74) is 6.32. The van der Waals surface area contributed by atoms with Crippen LogP contribution in [0.5, 0.6) is 5.75 Å². The highest BCUT2D eigenvalue weighted by molar-refractivity contribution is 6.15. The van der Waals surface area contributed by atoms with E-state index < -0.39 is 0 Å². The largest absolute Gasteiger partial charge is 0.490 e. The minimum absolute atomic E-state index is 0.228. The van der Waals surface area contributed by atoms with E-state index in [-0.39, 0.29) is 6.10 Å². The van der Waals surface area contributed by atoms with E-state index in [0.717, 1.165) is 11.3 Å². The van der Waals surface area contributed by atoms with Gasteiger partial charge in [-0.3, -0.25) is 0 Å². The topological polar surface area (TPSA) is 12.5 Å². The van der Waals surface area contributed by atoms with Gasteiger partial charge in [-0.2, -0.15) is 0 Å². The Morgan fingerprint density at radius 3 is 1.88 bits per heavy atom. The summed E-state index contributed by atoms with van der Waals surface area (Å²) >= 11 is 4.64. The van der Waals surface area contributed by atoms with E-state index in [1.807, 2.05) is 65.0 Å². The molecule has 0 aromatic heterocycles. The number of nitrogens with zero attached hydrogens (tertiary/aromatic N) is 1. The van der Waals surface area contributed by atoms with Crippen molar-refractivity contribution in [1.29, 1.82) is 0 Å². The average Bonchev–Trinajstić information content (AvgIpc) is 2.81. The van der Waals surface area contributed by atoms with E-state index in [2.05, 4.69) is 95.8 Å². The van der Waals surface area contributed by atoms with Crippen molar-refractivity contribution in [2.45, 2.75) is 95.2 Å². The molecule has 0 unspecified atom stereocenters. The quantitative estimate of drug-likeness (QED) is 0.266. The van der Waals surface area contributed by atoms with Crippen molar-refractivity contribution in [1.82, 2.24) is 4.90 Å². The summed E-state index contributed by atoms with van der Waals surface area (Å²) < 4.78 is 5.65. The van der Waals surface area contributed by atoms with Gasteiger partial charge in [-0.15, -0.1) is 11.6 Å². The molecule has 194 valence electrons. The van der Waals surface area contributed by atoms with Gasteiger partial charge in [-0.25, -0.2) is 0 Å². The molecule has 0 saturated heterocycles. The third-order valence-corrected chi connectivity index (χ3v) is 4.53. The Kier molecular flexibility index (Phi) is 24.2. The molecular formula is C31H52ClNO. The molecule has 0 amide bonds. The van der Waals surface area contributed by atoms with Gasteiger partial charge in [-0.05, 0) is 80.9 Å². The number of hydrogen-bond acceptors (Lipinski definition) is 2. The molecule has 0 spiro atoms. The van der Waals surface area contributed by atoms with Crippen molar-refractivity contribution >= 4 is 17.7 Å². The minimum atomic E-state index is 0.228. The van der Waals surface area contributed by atoms with Crippen LogP contribution in [0.3, 0.4) is 0 Å². The van der Waals surface area contributed by atoms with Crippen molar-refractivity contribution in [3.05, 3.63) is 83.3 Å². The monoisotopic (exact) mass is 489 g/mol. The Balaban J connectivity index is -0.000000503. The highest BCUT2D eigenvalue weighted by Gasteiger charge is 2.16. The van der Waals surface area contributed by atoms with Crippen LogP contribution in [0.15, 0.2) is 77.7 Å². The Morgan fingerprint density at radius 2 is 1.50 bits per heavy atom. The number of rotatable bonds is 8. The van der Waals surface area contributed by atoms with Gasteiger partial charge in [0.15, 0.2) is 0 Å². The Morgan fingerprint density at radius 1 is 0.971 bits per heavy atom. The van der Waals surface area contributed by atoms with Gasteiger partial charge in [0.1, 0.15) is 5.75 Å². The highest BCUT2D eigenvalue weighted by Crippen LogP contribution is 2.25. The number of benzene rings is 1. The Labute approximate surface area is 217 Å². The molecule has 1 rings (SSSR count). The summed E-state index contributed by atoms with van der Waals surface area (Å²) in [6.45, 7) is 29.0. The molecule has 0 heterocycles. The first kappa shape index (κ1) is 36.4. The zero-order valence-corrected chi connectivity index (χ0v) is 25.0. The third-order valence-electron chi connectivity index (χ3n) is 4.53. The van der Waals surface area contributed by atoms with Crippen LogP contribution in [0.25, 0.3) is 6.08 Å². The standard InChI is InChI=1S/C16H27N.C12H16O.C2H6.CH3Cl/c1-9-11-14(7)16(10-2)17(13(5)6)15(8)12(3)4;1-4-7-11-8-5-6-9-12(11)13-10(2)3;2*1-2/h9-11,13H,1H2,2-8H3;4-10H,1-3H3;1-2H3;1H3/b14-11-,16-10+;7-4+;;. The molecule has 34 heavy (non-hydrogen) atoms. The van der Waals surface area contributed by atoms with Gasteiger partial charge < -0.3 is 9.64 Å². The lowest BCUT2D eigenvalue weighted by atomic mass is 10.1. The highest BCUT2D eigenvalue weighted by atomic mass is 35.5. The summed E-state index contributed by atoms with van der Waals surface area (Å²) in [6.07, 6.45) is 11.8. The molecule has 3 heteroatoms. The minimum Gasteiger partial charge on any atom is -0.490 e. The first-order chi connectivity index (χ1) is 16.1. The second kappa shape index (κ2) is 22.6. The van der Waals surface area contributed by atoms with E-state index in [4.69, 9.17) is 4.74 Å². The van der Waals surface area contributed by atoms with Crippen LogP contribution in [0, 0.1) is 0 Å². The molecule has 2 nitrogen and oxygen atoms in total. The van der Waals surface area contributed by atoms with Crippen molar-refractivity contribution in [3.8, 4) is 5.75 Å². The zero-order valence-electron chi connectivity index (χ0n) is 24.3. The first-order valence-electron chi connectivity index (χ1n) is 12.3. The fourth-order valence-electron chi connectivity index (χ4n) is 3.06. The SMILES string of the molecule is C/C=C/c1ccccc1OC(C)C.C=C/C=C(C)\C(=C/C)N(C(C)=C(C)C)C(C)C.CC.CCl. The van der Waals surface area contributed by atoms with Crippen molar-refractivity contribution in [3.63, 3.8) is 0 Å². The van der Waals surface area contributed by atoms with E-state index >= 15 is 0 Å². The summed E-state index contributed by atoms with van der Waals surface area (Å²) in [7, 11) is 0. The predicted octanol–water partition coefficient (Wildman–Crippen LogP) is 10.4. The van der Waals surface area contributed by atoms with Crippen LogP contribution in [0.1, 0.15) is 88.6 Å². The van der Waals surface area contributed by atoms with E-state index in [0.29, 0.717) is 6.04 Å². The summed E-state index contributed by atoms with van der Waals surface area (Å²) in [5.74, 6) is 0.954. The Hall–Kier alpha value is -2.19. The van der Waals surface area contributed by atoms with Crippen LogP contribution >= 0.6 is 11.6 Å². The normalized spacial score (nSPS) is 10.9. The van der Waals surface area contributed by atoms with Crippen LogP contribution in [0.2, 0.25) is 0 Å². The van der Waals surface area contributed by atoms with Crippen LogP contribution in [0.4, 0.5) is 0 Å². The van der Waals surface area contributed by atoms with Gasteiger partial charge in [-0.1, -0.05) is 74.6 Å². The second-order valence-electron chi connectivity index (χ2n) is 8.01. The molecule has 0 atom stereocenters. The maximum atomic E-state index is 5.65. The molecule has 0 aliphatic rings. The summed E-state index contributed by atoms with van der Waals surface area (Å²) in [4.78, 5) is 2.38. The van der Waals surface area contributed by atoms with Crippen molar-refractivity contribution < 1.29 is 4.74 Å². The van der Waals surface area contributed by atoms with Crippen LogP contribution in [-0.4, -0.2) is 23.4 Å². The molecule has 0 N–H and O–H groups in total. The number of hydrogen-bond donors (Lipinski definition) is 0. The number of halogens is 1. The first-order valence-corrected chi connectivity index (χ1v) is 13.0. The second-order valence-corrected chi connectivity index (χ2v) is 8.01. The third kappa shape index (κ3) is 14.9. The molecule has 0 aliphatic carbocycles. The average molecular weight is 490 g/mol. The number of para-hydroxylation sites is 1. The van der Waals surface area contributed by atoms with Crippen LogP contribution < -0.4 is 4.74 Å². The zero-order chi connectivity index (χ0) is 27.3. The lowest BCUT2D eigenvalue weighted by Gasteiger charge is -2.33. The number of allylic oxidation sites excluding steroid dienone is 7. The molecule has 0 bridgehead atoms. The lowest BCUT2D eigenvalue weighted by molar-refractivity contribution is 0.242.